The number of benzene rings is 2. The van der Waals surface area contributed by atoms with E-state index in [1.807, 2.05) is 11.8 Å². The van der Waals surface area contributed by atoms with Gasteiger partial charge in [-0.1, -0.05) is 25.1 Å². The van der Waals surface area contributed by atoms with Crippen LogP contribution in [0.2, 0.25) is 0 Å². The number of hydrogen-bond acceptors (Lipinski definition) is 5. The van der Waals surface area contributed by atoms with Gasteiger partial charge in [-0.15, -0.1) is 0 Å². The quantitative estimate of drug-likeness (QED) is 0.233. The van der Waals surface area contributed by atoms with E-state index < -0.39 is 29.5 Å². The molecule has 3 heterocycles. The number of rotatable bonds is 7. The highest BCUT2D eigenvalue weighted by Crippen LogP contribution is 2.49. The van der Waals surface area contributed by atoms with Crippen LogP contribution >= 0.6 is 0 Å². The van der Waals surface area contributed by atoms with Gasteiger partial charge in [0.05, 0.1) is 50.1 Å². The van der Waals surface area contributed by atoms with E-state index in [9.17, 15) is 31.1 Å². The molecule has 0 radical (unpaired) electrons. The number of fused-ring (bicyclic) bond motifs is 3. The predicted octanol–water partition coefficient (Wildman–Crippen LogP) is 7.42. The minimum atomic E-state index is -4.78. The van der Waals surface area contributed by atoms with Gasteiger partial charge in [-0.3, -0.25) is 9.69 Å². The van der Waals surface area contributed by atoms with Crippen LogP contribution < -0.4 is 0 Å². The molecule has 3 fully saturated rings. The maximum Gasteiger partial charge on any atom is 0.416 e. The molecule has 6 rings (SSSR count). The number of alkyl halides is 6. The summed E-state index contributed by atoms with van der Waals surface area (Å²) in [5.74, 6) is 0.0581. The van der Waals surface area contributed by atoms with Gasteiger partial charge >= 0.3 is 18.3 Å². The molecule has 0 aromatic heterocycles. The minimum absolute atomic E-state index is 0.0478. The number of likely N-dealkylation sites (tertiary alicyclic amines) is 1. The highest BCUT2D eigenvalue weighted by Gasteiger charge is 2.48. The molecule has 1 aliphatic carbocycles. The fourth-order valence-electron chi connectivity index (χ4n) is 8.13. The Labute approximate surface area is 259 Å². The molecule has 11 heteroatoms. The summed E-state index contributed by atoms with van der Waals surface area (Å²) in [4.78, 5) is 14.3. The number of nitrogens with zero attached hydrogens (tertiary/aromatic N) is 1. The van der Waals surface area contributed by atoms with Crippen molar-refractivity contribution in [3.8, 4) is 0 Å². The molecule has 2 aromatic rings. The van der Waals surface area contributed by atoms with Crippen molar-refractivity contribution in [2.45, 2.75) is 70.1 Å². The molecule has 2 saturated heterocycles. The molecule has 5 nitrogen and oxygen atoms in total. The van der Waals surface area contributed by atoms with Crippen LogP contribution in [0.5, 0.6) is 0 Å². The van der Waals surface area contributed by atoms with Gasteiger partial charge in [0, 0.05) is 31.0 Å². The Bertz CT molecular complexity index is 1390. The summed E-state index contributed by atoms with van der Waals surface area (Å²) in [6, 6.07) is 7.22. The smallest absolute Gasteiger partial charge is 0.416 e. The number of ether oxygens (including phenoxy) is 3. The van der Waals surface area contributed by atoms with Crippen LogP contribution in [-0.2, 0) is 44.4 Å². The molecule has 4 aliphatic rings. The molecule has 246 valence electrons. The predicted molar refractivity (Wildman–Crippen MR) is 153 cm³/mol. The van der Waals surface area contributed by atoms with Gasteiger partial charge in [-0.25, -0.2) is 0 Å². The number of esters is 1. The second-order valence-electron chi connectivity index (χ2n) is 13.3. The third-order valence-electron chi connectivity index (χ3n) is 10.5. The lowest BCUT2D eigenvalue weighted by atomic mass is 9.70. The van der Waals surface area contributed by atoms with Gasteiger partial charge in [0.25, 0.3) is 0 Å². The van der Waals surface area contributed by atoms with Gasteiger partial charge in [-0.2, -0.15) is 26.3 Å². The Balaban J connectivity index is 1.22. The maximum absolute atomic E-state index is 13.9. The van der Waals surface area contributed by atoms with Gasteiger partial charge in [0.2, 0.25) is 0 Å². The van der Waals surface area contributed by atoms with Crippen LogP contribution in [0.1, 0.15) is 72.0 Å². The molecular formula is C34H39F6NO4. The third-order valence-corrected chi connectivity index (χ3v) is 10.5. The van der Waals surface area contributed by atoms with Crippen LogP contribution in [0.15, 0.2) is 36.4 Å². The molecule has 3 aliphatic heterocycles. The van der Waals surface area contributed by atoms with Crippen LogP contribution in [0.25, 0.3) is 0 Å². The van der Waals surface area contributed by atoms with Gasteiger partial charge in [0.1, 0.15) is 0 Å². The Kier molecular flexibility index (Phi) is 8.75. The molecule has 0 spiro atoms. The second-order valence-corrected chi connectivity index (χ2v) is 13.3. The van der Waals surface area contributed by atoms with E-state index in [4.69, 9.17) is 14.2 Å². The second kappa shape index (κ2) is 12.2. The number of hydrogen-bond donors (Lipinski definition) is 0. The van der Waals surface area contributed by atoms with Crippen LogP contribution in [0.3, 0.4) is 0 Å². The largest absolute Gasteiger partial charge is 0.469 e. The first-order valence-electron chi connectivity index (χ1n) is 15.7. The van der Waals surface area contributed by atoms with Crippen molar-refractivity contribution >= 4 is 5.97 Å². The summed E-state index contributed by atoms with van der Waals surface area (Å²) in [6.07, 6.45) is -6.81. The van der Waals surface area contributed by atoms with Crippen molar-refractivity contribution in [1.82, 2.24) is 4.90 Å². The molecule has 45 heavy (non-hydrogen) atoms. The van der Waals surface area contributed by atoms with E-state index in [2.05, 4.69) is 18.2 Å². The van der Waals surface area contributed by atoms with E-state index in [0.717, 1.165) is 24.0 Å². The molecular weight excluding hydrogens is 600 g/mol. The lowest BCUT2D eigenvalue weighted by molar-refractivity contribution is -0.150. The zero-order valence-corrected chi connectivity index (χ0v) is 25.6. The fourth-order valence-corrected chi connectivity index (χ4v) is 8.13. The average molecular weight is 640 g/mol. The van der Waals surface area contributed by atoms with Crippen molar-refractivity contribution in [1.29, 1.82) is 0 Å². The van der Waals surface area contributed by atoms with Crippen molar-refractivity contribution in [3.05, 3.63) is 69.8 Å². The normalized spacial score (nSPS) is 27.8. The van der Waals surface area contributed by atoms with Crippen molar-refractivity contribution in [3.63, 3.8) is 0 Å². The third kappa shape index (κ3) is 6.49. The summed E-state index contributed by atoms with van der Waals surface area (Å²) in [5, 5.41) is 0. The zero-order valence-electron chi connectivity index (χ0n) is 25.6. The van der Waals surface area contributed by atoms with E-state index >= 15 is 0 Å². The molecule has 1 saturated carbocycles. The first kappa shape index (κ1) is 32.3. The Morgan fingerprint density at radius 3 is 2.22 bits per heavy atom. The maximum atomic E-state index is 13.9. The molecule has 4 unspecified atom stereocenters. The minimum Gasteiger partial charge on any atom is -0.469 e. The monoisotopic (exact) mass is 639 g/mol. The van der Waals surface area contributed by atoms with E-state index in [1.54, 1.807) is 6.92 Å². The molecule has 0 N–H and O–H groups in total. The number of halogens is 6. The van der Waals surface area contributed by atoms with Crippen LogP contribution in [0.4, 0.5) is 26.3 Å². The number of carbonyl (C=O) groups is 1. The summed E-state index contributed by atoms with van der Waals surface area (Å²) in [7, 11) is 1.42. The standard InChI is InChI=1S/C34H39F6NO4/c1-18(32(42)43-3)30(20-4-5-20)21-6-7-22-17-45-29(11-23(22)10-21)31-24-13-41(14-25(31)16-44-15-24)19(2)27-12-26(33(35,36)37)8-9-28(27)34(38,39)40/h6-10,12,18-20,24-25,29-31H,4-5,11,13-17H2,1-3H3/t18?,19-,24-,25+,29?,30?,31?/m1/s1. The van der Waals surface area contributed by atoms with Crippen molar-refractivity contribution in [2.24, 2.45) is 29.6 Å². The van der Waals surface area contributed by atoms with Crippen LogP contribution in [-0.4, -0.2) is 50.4 Å². The topological polar surface area (TPSA) is 48.0 Å². The van der Waals surface area contributed by atoms with E-state index in [0.29, 0.717) is 63.4 Å². The first-order chi connectivity index (χ1) is 21.3. The molecule has 7 atom stereocenters. The van der Waals surface area contributed by atoms with Crippen molar-refractivity contribution < 1.29 is 45.3 Å². The molecule has 0 amide bonds. The van der Waals surface area contributed by atoms with Crippen molar-refractivity contribution in [2.75, 3.05) is 33.4 Å². The Morgan fingerprint density at radius 2 is 1.62 bits per heavy atom. The SMILES string of the molecule is COC(=O)C(C)C(c1ccc2c(c1)CC(C1[C@@H]3COC[C@H]1CN([C@H](C)c1cc(C(F)(F)F)ccc1C(F)(F)F)C3)OC2)C1CC1. The fraction of sp³-hybridized carbons (Fsp3) is 0.618. The van der Waals surface area contributed by atoms with E-state index in [1.165, 1.54) is 12.7 Å². The van der Waals surface area contributed by atoms with Gasteiger partial charge < -0.3 is 14.2 Å². The molecule has 2 bridgehead atoms. The summed E-state index contributed by atoms with van der Waals surface area (Å²) < 4.78 is 99.7. The summed E-state index contributed by atoms with van der Waals surface area (Å²) >= 11 is 0. The zero-order chi connectivity index (χ0) is 32.3. The number of carbonyl (C=O) groups excluding carboxylic acids is 1. The highest BCUT2D eigenvalue weighted by atomic mass is 19.4. The summed E-state index contributed by atoms with van der Waals surface area (Å²) in [6.45, 7) is 5.52. The van der Waals surface area contributed by atoms with Gasteiger partial charge in [0.15, 0.2) is 0 Å². The Hall–Kier alpha value is -2.63. The van der Waals surface area contributed by atoms with E-state index in [-0.39, 0.29) is 47.2 Å². The number of methoxy groups -OCH3 is 1. The first-order valence-corrected chi connectivity index (χ1v) is 15.7. The van der Waals surface area contributed by atoms with Gasteiger partial charge in [-0.05, 0) is 84.4 Å². The number of piperidine rings is 1. The lowest BCUT2D eigenvalue weighted by Gasteiger charge is -2.52. The summed E-state index contributed by atoms with van der Waals surface area (Å²) in [5.41, 5.74) is 0.918. The molecule has 2 aromatic carbocycles. The average Bonchev–Trinajstić information content (AvgIpc) is 3.83. The Morgan fingerprint density at radius 1 is 0.933 bits per heavy atom. The van der Waals surface area contributed by atoms with Crippen LogP contribution in [0, 0.1) is 29.6 Å². The lowest BCUT2D eigenvalue weighted by Crippen LogP contribution is -2.57. The highest BCUT2D eigenvalue weighted by molar-refractivity contribution is 5.73.